The Balaban J connectivity index is 1.93. The van der Waals surface area contributed by atoms with Gasteiger partial charge in [0.05, 0.1) is 0 Å². The largest absolute Gasteiger partial charge is 0.299 e. The Labute approximate surface area is 138 Å². The number of ketones is 1. The molecule has 2 fully saturated rings. The maximum absolute atomic E-state index is 12.3. The Morgan fingerprint density at radius 2 is 1.05 bits per heavy atom. The van der Waals surface area contributed by atoms with Gasteiger partial charge in [-0.05, 0) is 31.1 Å². The second-order valence-electron chi connectivity index (χ2n) is 8.20. The fraction of sp³-hybridized carbons (Fsp3) is 0.952. The highest BCUT2D eigenvalue weighted by atomic mass is 16.1. The van der Waals surface area contributed by atoms with E-state index in [2.05, 4.69) is 6.92 Å². The highest BCUT2D eigenvalue weighted by Gasteiger charge is 2.21. The fourth-order valence-electron chi connectivity index (χ4n) is 4.50. The van der Waals surface area contributed by atoms with Gasteiger partial charge in [-0.15, -0.1) is 0 Å². The van der Waals surface area contributed by atoms with Crippen LogP contribution in [0.15, 0.2) is 0 Å². The number of hydrogen-bond donors (Lipinski definition) is 0. The maximum Gasteiger partial charge on any atom is 0.135 e. The second-order valence-corrected chi connectivity index (χ2v) is 8.20. The molecule has 0 aromatic heterocycles. The molecule has 3 unspecified atom stereocenters. The summed E-state index contributed by atoms with van der Waals surface area (Å²) < 4.78 is 0. The Bertz CT molecular complexity index is 309. The highest BCUT2D eigenvalue weighted by molar-refractivity contribution is 5.80. The zero-order valence-electron chi connectivity index (χ0n) is 15.0. The minimum absolute atomic E-state index is 0.320. The summed E-state index contributed by atoms with van der Waals surface area (Å²) in [5, 5.41) is 0. The predicted octanol–water partition coefficient (Wildman–Crippen LogP) is 6.69. The third kappa shape index (κ3) is 6.84. The molecule has 2 saturated carbocycles. The lowest BCUT2D eigenvalue weighted by Gasteiger charge is -2.25. The van der Waals surface area contributed by atoms with Crippen LogP contribution >= 0.6 is 0 Å². The van der Waals surface area contributed by atoms with Gasteiger partial charge in [-0.3, -0.25) is 4.79 Å². The molecule has 0 N–H and O–H groups in total. The van der Waals surface area contributed by atoms with E-state index in [-0.39, 0.29) is 0 Å². The normalized spacial score (nSPS) is 34.0. The molecule has 0 radical (unpaired) electrons. The number of hydrogen-bond acceptors (Lipinski definition) is 1. The van der Waals surface area contributed by atoms with Gasteiger partial charge in [-0.1, -0.05) is 84.0 Å². The van der Waals surface area contributed by atoms with Crippen LogP contribution in [0.5, 0.6) is 0 Å². The first kappa shape index (κ1) is 18.0. The lowest BCUT2D eigenvalue weighted by molar-refractivity contribution is -0.123. The van der Waals surface area contributed by atoms with Crippen LogP contribution in [-0.4, -0.2) is 5.78 Å². The van der Waals surface area contributed by atoms with Crippen LogP contribution in [0.25, 0.3) is 0 Å². The summed E-state index contributed by atoms with van der Waals surface area (Å²) in [5.74, 6) is 2.60. The Kier molecular flexibility index (Phi) is 8.55. The fourth-order valence-corrected chi connectivity index (χ4v) is 4.50. The van der Waals surface area contributed by atoms with Crippen LogP contribution < -0.4 is 0 Å². The summed E-state index contributed by atoms with van der Waals surface area (Å²) in [6.45, 7) is 2.17. The van der Waals surface area contributed by atoms with Gasteiger partial charge in [0, 0.05) is 12.3 Å². The van der Waals surface area contributed by atoms with Crippen LogP contribution in [0.2, 0.25) is 0 Å². The number of fused-ring (bicyclic) bond motifs is 3. The SMILES string of the molecule is CC1CCC2CCCCCCCCCCC(CCC1=O)CC2. The Hall–Kier alpha value is -0.330. The first-order valence-electron chi connectivity index (χ1n) is 10.3. The van der Waals surface area contributed by atoms with Crippen LogP contribution in [0, 0.1) is 17.8 Å². The summed E-state index contributed by atoms with van der Waals surface area (Å²) >= 11 is 0. The average molecular weight is 307 g/mol. The molecule has 2 aliphatic carbocycles. The van der Waals surface area contributed by atoms with Gasteiger partial charge in [0.1, 0.15) is 5.78 Å². The molecule has 1 nitrogen and oxygen atoms in total. The number of rotatable bonds is 0. The first-order chi connectivity index (χ1) is 10.8. The van der Waals surface area contributed by atoms with E-state index in [0.717, 1.165) is 24.7 Å². The average Bonchev–Trinajstić information content (AvgIpc) is 2.53. The third-order valence-corrected chi connectivity index (χ3v) is 6.31. The van der Waals surface area contributed by atoms with Crippen molar-refractivity contribution in [2.45, 2.75) is 110 Å². The van der Waals surface area contributed by atoms with Gasteiger partial charge in [-0.2, -0.15) is 0 Å². The van der Waals surface area contributed by atoms with E-state index in [4.69, 9.17) is 0 Å². The van der Waals surface area contributed by atoms with Crippen molar-refractivity contribution in [3.63, 3.8) is 0 Å². The van der Waals surface area contributed by atoms with Crippen molar-refractivity contribution in [3.8, 4) is 0 Å². The second kappa shape index (κ2) is 10.4. The van der Waals surface area contributed by atoms with Crippen molar-refractivity contribution in [3.05, 3.63) is 0 Å². The molecule has 1 heteroatoms. The molecule has 0 aliphatic heterocycles. The van der Waals surface area contributed by atoms with Crippen molar-refractivity contribution in [1.82, 2.24) is 0 Å². The van der Waals surface area contributed by atoms with E-state index in [0.29, 0.717) is 11.7 Å². The van der Waals surface area contributed by atoms with E-state index in [1.54, 1.807) is 0 Å². The molecule has 2 aliphatic rings. The van der Waals surface area contributed by atoms with E-state index < -0.39 is 0 Å². The van der Waals surface area contributed by atoms with Crippen molar-refractivity contribution < 1.29 is 4.79 Å². The molecule has 0 amide bonds. The van der Waals surface area contributed by atoms with Gasteiger partial charge in [0.2, 0.25) is 0 Å². The topological polar surface area (TPSA) is 17.1 Å². The van der Waals surface area contributed by atoms with Gasteiger partial charge in [0.25, 0.3) is 0 Å². The summed E-state index contributed by atoms with van der Waals surface area (Å²) in [6.07, 6.45) is 21.6. The number of carbonyl (C=O) groups is 1. The van der Waals surface area contributed by atoms with E-state index >= 15 is 0 Å². The summed E-state index contributed by atoms with van der Waals surface area (Å²) in [5.41, 5.74) is 0. The molecular formula is C21H38O. The van der Waals surface area contributed by atoms with Gasteiger partial charge in [-0.25, -0.2) is 0 Å². The maximum atomic E-state index is 12.3. The molecule has 0 heterocycles. The van der Waals surface area contributed by atoms with E-state index in [9.17, 15) is 4.79 Å². The van der Waals surface area contributed by atoms with E-state index in [1.807, 2.05) is 0 Å². The van der Waals surface area contributed by atoms with Crippen molar-refractivity contribution in [2.24, 2.45) is 17.8 Å². The lowest BCUT2D eigenvalue weighted by atomic mass is 9.80. The van der Waals surface area contributed by atoms with Gasteiger partial charge >= 0.3 is 0 Å². The summed E-state index contributed by atoms with van der Waals surface area (Å²) in [6, 6.07) is 0. The van der Waals surface area contributed by atoms with Crippen molar-refractivity contribution >= 4 is 5.78 Å². The zero-order chi connectivity index (χ0) is 15.6. The van der Waals surface area contributed by atoms with Crippen LogP contribution in [0.3, 0.4) is 0 Å². The third-order valence-electron chi connectivity index (χ3n) is 6.31. The Morgan fingerprint density at radius 3 is 1.64 bits per heavy atom. The molecule has 0 aromatic rings. The molecule has 0 aromatic carbocycles. The van der Waals surface area contributed by atoms with Crippen molar-refractivity contribution in [1.29, 1.82) is 0 Å². The minimum atomic E-state index is 0.320. The molecule has 0 spiro atoms. The number of carbonyl (C=O) groups excluding carboxylic acids is 1. The molecule has 22 heavy (non-hydrogen) atoms. The highest BCUT2D eigenvalue weighted by Crippen LogP contribution is 2.31. The quantitative estimate of drug-likeness (QED) is 0.487. The van der Waals surface area contributed by atoms with E-state index in [1.165, 1.54) is 89.9 Å². The van der Waals surface area contributed by atoms with Crippen molar-refractivity contribution in [2.75, 3.05) is 0 Å². The van der Waals surface area contributed by atoms with Crippen LogP contribution in [-0.2, 0) is 4.79 Å². The smallest absolute Gasteiger partial charge is 0.135 e. The standard InChI is InChI=1S/C21H38O/c1-18-12-13-19-10-8-6-4-2-3-5-7-9-11-20(15-14-19)16-17-21(18)22/h18-20H,2-17H2,1H3. The minimum Gasteiger partial charge on any atom is -0.299 e. The monoisotopic (exact) mass is 306 g/mol. The molecule has 2 bridgehead atoms. The number of Topliss-reactive ketones (excluding diaryl/α,β-unsaturated/α-hetero) is 1. The van der Waals surface area contributed by atoms with Crippen LogP contribution in [0.4, 0.5) is 0 Å². The first-order valence-corrected chi connectivity index (χ1v) is 10.3. The summed E-state index contributed by atoms with van der Waals surface area (Å²) in [7, 11) is 0. The van der Waals surface area contributed by atoms with Crippen LogP contribution in [0.1, 0.15) is 110 Å². The van der Waals surface area contributed by atoms with Gasteiger partial charge in [0.15, 0.2) is 0 Å². The lowest BCUT2D eigenvalue weighted by Crippen LogP contribution is -2.17. The van der Waals surface area contributed by atoms with Gasteiger partial charge < -0.3 is 0 Å². The predicted molar refractivity (Wildman–Crippen MR) is 95.0 cm³/mol. The molecule has 2 rings (SSSR count). The molecule has 0 saturated heterocycles. The Morgan fingerprint density at radius 1 is 0.591 bits per heavy atom. The summed E-state index contributed by atoms with van der Waals surface area (Å²) in [4.78, 5) is 12.3. The zero-order valence-corrected chi connectivity index (χ0v) is 15.0. The molecule has 128 valence electrons. The molecule has 3 atom stereocenters. The molecular weight excluding hydrogens is 268 g/mol.